The van der Waals surface area contributed by atoms with Crippen LogP contribution in [0, 0.1) is 0 Å². The monoisotopic (exact) mass is 169 g/mol. The van der Waals surface area contributed by atoms with Gasteiger partial charge in [-0.05, 0) is 36.6 Å². The molecule has 11 heavy (non-hydrogen) atoms. The van der Waals surface area contributed by atoms with Crippen LogP contribution in [0.2, 0.25) is 0 Å². The number of allylic oxidation sites excluding steroid dienone is 2. The minimum Gasteiger partial charge on any atom is -0.391 e. The molecule has 1 nitrogen and oxygen atoms in total. The van der Waals surface area contributed by atoms with Crippen molar-refractivity contribution < 1.29 is 0 Å². The van der Waals surface area contributed by atoms with Gasteiger partial charge < -0.3 is 5.32 Å². The Morgan fingerprint density at radius 1 is 1.55 bits per heavy atom. The first-order chi connectivity index (χ1) is 5.24. The lowest BCUT2D eigenvalue weighted by Gasteiger charge is -2.04. The summed E-state index contributed by atoms with van der Waals surface area (Å²) in [6.45, 7) is 2.02. The summed E-state index contributed by atoms with van der Waals surface area (Å²) in [7, 11) is 2.00. The van der Waals surface area contributed by atoms with Crippen molar-refractivity contribution in [2.24, 2.45) is 0 Å². The molecule has 0 saturated carbocycles. The molecule has 62 valence electrons. The van der Waals surface area contributed by atoms with Gasteiger partial charge in [-0.1, -0.05) is 12.2 Å². The highest BCUT2D eigenvalue weighted by Gasteiger charge is 2.12. The van der Waals surface area contributed by atoms with Gasteiger partial charge in [-0.15, -0.1) is 0 Å². The maximum Gasteiger partial charge on any atom is 0.00996 e. The molecule has 0 unspecified atom stereocenters. The fraction of sp³-hybridized carbons (Fsp3) is 0.667. The Morgan fingerprint density at radius 3 is 2.82 bits per heavy atom. The van der Waals surface area contributed by atoms with Gasteiger partial charge in [0.1, 0.15) is 0 Å². The largest absolute Gasteiger partial charge is 0.391 e. The smallest absolute Gasteiger partial charge is 0.00996 e. The summed E-state index contributed by atoms with van der Waals surface area (Å²) < 4.78 is 0. The molecule has 0 amide bonds. The molecule has 1 aliphatic rings. The Bertz CT molecular complexity index is 194. The molecule has 0 radical (unpaired) electrons. The zero-order valence-corrected chi connectivity index (χ0v) is 8.05. The van der Waals surface area contributed by atoms with Crippen LogP contribution in [0.3, 0.4) is 0 Å². The van der Waals surface area contributed by atoms with Crippen molar-refractivity contribution in [2.45, 2.75) is 32.6 Å². The van der Waals surface area contributed by atoms with Crippen LogP contribution in [-0.4, -0.2) is 11.9 Å². The Balaban J connectivity index is 2.59. The highest BCUT2D eigenvalue weighted by atomic mass is 32.1. The molecule has 0 aromatic rings. The molecule has 0 aromatic carbocycles. The molecule has 2 heteroatoms. The van der Waals surface area contributed by atoms with Crippen molar-refractivity contribution >= 4 is 17.1 Å². The van der Waals surface area contributed by atoms with Gasteiger partial charge in [-0.3, -0.25) is 0 Å². The second-order valence-corrected chi connectivity index (χ2v) is 3.76. The van der Waals surface area contributed by atoms with E-state index in [0.29, 0.717) is 0 Å². The quantitative estimate of drug-likeness (QED) is 0.651. The lowest BCUT2D eigenvalue weighted by Crippen LogP contribution is -2.05. The third-order valence-electron chi connectivity index (χ3n) is 2.10. The van der Waals surface area contributed by atoms with Crippen molar-refractivity contribution in [1.29, 1.82) is 0 Å². The zero-order chi connectivity index (χ0) is 8.27. The van der Waals surface area contributed by atoms with Crippen LogP contribution >= 0.6 is 12.2 Å². The van der Waals surface area contributed by atoms with Crippen molar-refractivity contribution in [3.8, 4) is 0 Å². The summed E-state index contributed by atoms with van der Waals surface area (Å²) in [6.07, 6.45) is 4.78. The standard InChI is InChI=1S/C9H15NS/c1-7(11)6-8-4-3-5-9(8)10-2/h10H,3-6H2,1-2H3. The topological polar surface area (TPSA) is 12.0 Å². The molecule has 0 fully saturated rings. The van der Waals surface area contributed by atoms with Crippen LogP contribution < -0.4 is 5.32 Å². The molecule has 1 rings (SSSR count). The van der Waals surface area contributed by atoms with E-state index < -0.39 is 0 Å². The van der Waals surface area contributed by atoms with Gasteiger partial charge in [-0.25, -0.2) is 0 Å². The summed E-state index contributed by atoms with van der Waals surface area (Å²) in [5.74, 6) is 0. The van der Waals surface area contributed by atoms with Gasteiger partial charge in [0, 0.05) is 19.2 Å². The summed E-state index contributed by atoms with van der Waals surface area (Å²) in [5, 5.41) is 3.24. The highest BCUT2D eigenvalue weighted by Crippen LogP contribution is 2.26. The first-order valence-electron chi connectivity index (χ1n) is 4.12. The van der Waals surface area contributed by atoms with Crippen LogP contribution in [-0.2, 0) is 0 Å². The molecule has 0 aromatic heterocycles. The number of hydrogen-bond acceptors (Lipinski definition) is 2. The molecule has 0 spiro atoms. The highest BCUT2D eigenvalue weighted by molar-refractivity contribution is 7.80. The summed E-state index contributed by atoms with van der Waals surface area (Å²) in [6, 6.07) is 0. The third-order valence-corrected chi connectivity index (χ3v) is 2.24. The van der Waals surface area contributed by atoms with E-state index >= 15 is 0 Å². The molecular formula is C9H15NS. The summed E-state index contributed by atoms with van der Waals surface area (Å²) in [5.41, 5.74) is 2.95. The van der Waals surface area contributed by atoms with Gasteiger partial charge in [0.05, 0.1) is 0 Å². The minimum atomic E-state index is 1.02. The minimum absolute atomic E-state index is 1.02. The van der Waals surface area contributed by atoms with Crippen LogP contribution in [0.4, 0.5) is 0 Å². The van der Waals surface area contributed by atoms with E-state index in [0.717, 1.165) is 11.3 Å². The fourth-order valence-corrected chi connectivity index (χ4v) is 1.78. The first-order valence-corrected chi connectivity index (χ1v) is 4.53. The van der Waals surface area contributed by atoms with Crippen LogP contribution in [0.15, 0.2) is 11.3 Å². The zero-order valence-electron chi connectivity index (χ0n) is 7.24. The Kier molecular flexibility index (Phi) is 3.06. The van der Waals surface area contributed by atoms with Gasteiger partial charge in [0.25, 0.3) is 0 Å². The predicted octanol–water partition coefficient (Wildman–Crippen LogP) is 2.42. The molecular weight excluding hydrogens is 154 g/mol. The fourth-order valence-electron chi connectivity index (χ4n) is 1.60. The average Bonchev–Trinajstić information content (AvgIpc) is 2.34. The molecule has 0 aliphatic heterocycles. The van der Waals surface area contributed by atoms with Crippen LogP contribution in [0.5, 0.6) is 0 Å². The second kappa shape index (κ2) is 3.86. The van der Waals surface area contributed by atoms with Gasteiger partial charge >= 0.3 is 0 Å². The Hall–Kier alpha value is -0.370. The van der Waals surface area contributed by atoms with E-state index in [1.54, 1.807) is 0 Å². The van der Waals surface area contributed by atoms with E-state index in [1.165, 1.54) is 30.5 Å². The number of rotatable bonds is 3. The number of nitrogens with one attached hydrogen (secondary N) is 1. The first kappa shape index (κ1) is 8.72. The Labute approximate surface area is 73.9 Å². The summed E-state index contributed by atoms with van der Waals surface area (Å²) >= 11 is 5.07. The maximum atomic E-state index is 5.07. The molecule has 0 heterocycles. The van der Waals surface area contributed by atoms with Gasteiger partial charge in [0.2, 0.25) is 0 Å². The third kappa shape index (κ3) is 2.29. The molecule has 1 N–H and O–H groups in total. The SMILES string of the molecule is CNC1=C(CC(C)=S)CCC1. The second-order valence-electron chi connectivity index (χ2n) is 3.06. The number of hydrogen-bond donors (Lipinski definition) is 1. The van der Waals surface area contributed by atoms with E-state index in [1.807, 2.05) is 14.0 Å². The van der Waals surface area contributed by atoms with Gasteiger partial charge in [-0.2, -0.15) is 0 Å². The Morgan fingerprint density at radius 2 is 2.27 bits per heavy atom. The van der Waals surface area contributed by atoms with Gasteiger partial charge in [0.15, 0.2) is 0 Å². The normalized spacial score (nSPS) is 17.3. The maximum absolute atomic E-state index is 5.07. The van der Waals surface area contributed by atoms with Crippen molar-refractivity contribution in [2.75, 3.05) is 7.05 Å². The van der Waals surface area contributed by atoms with Crippen molar-refractivity contribution in [1.82, 2.24) is 5.32 Å². The lowest BCUT2D eigenvalue weighted by molar-refractivity contribution is 0.845. The molecule has 1 aliphatic carbocycles. The lowest BCUT2D eigenvalue weighted by atomic mass is 10.1. The summed E-state index contributed by atoms with van der Waals surface area (Å²) in [4.78, 5) is 1.11. The molecule has 0 atom stereocenters. The predicted molar refractivity (Wildman–Crippen MR) is 52.8 cm³/mol. The van der Waals surface area contributed by atoms with Crippen molar-refractivity contribution in [3.63, 3.8) is 0 Å². The van der Waals surface area contributed by atoms with E-state index in [-0.39, 0.29) is 0 Å². The average molecular weight is 169 g/mol. The number of thiocarbonyl (C=S) groups is 1. The van der Waals surface area contributed by atoms with Crippen LogP contribution in [0.25, 0.3) is 0 Å². The van der Waals surface area contributed by atoms with E-state index in [4.69, 9.17) is 12.2 Å². The molecule has 0 bridgehead atoms. The van der Waals surface area contributed by atoms with E-state index in [2.05, 4.69) is 5.32 Å². The van der Waals surface area contributed by atoms with E-state index in [9.17, 15) is 0 Å². The van der Waals surface area contributed by atoms with Crippen LogP contribution in [0.1, 0.15) is 32.6 Å². The van der Waals surface area contributed by atoms with Crippen molar-refractivity contribution in [3.05, 3.63) is 11.3 Å². The molecule has 0 saturated heterocycles.